The van der Waals surface area contributed by atoms with Crippen molar-refractivity contribution in [1.82, 2.24) is 0 Å². The number of ether oxygens (including phenoxy) is 1. The van der Waals surface area contributed by atoms with Crippen molar-refractivity contribution >= 4 is 12.0 Å². The normalized spacial score (nSPS) is 14.5. The Morgan fingerprint density at radius 2 is 2.06 bits per heavy atom. The van der Waals surface area contributed by atoms with E-state index in [4.69, 9.17) is 4.74 Å². The summed E-state index contributed by atoms with van der Waals surface area (Å²) in [5, 5.41) is 9.99. The fourth-order valence-electron chi connectivity index (χ4n) is 1.40. The quantitative estimate of drug-likeness (QED) is 0.796. The number of aliphatic hydroxyl groups is 1. The molecule has 92 valence electrons. The third-order valence-electron chi connectivity index (χ3n) is 2.24. The monoisotopic (exact) mass is 234 g/mol. The predicted molar refractivity (Wildman–Crippen MR) is 67.3 cm³/mol. The van der Waals surface area contributed by atoms with E-state index in [2.05, 4.69) is 0 Å². The summed E-state index contributed by atoms with van der Waals surface area (Å²) in [4.78, 5) is 11.3. The molecule has 0 aliphatic carbocycles. The van der Waals surface area contributed by atoms with Crippen LogP contribution in [-0.2, 0) is 9.53 Å². The maximum absolute atomic E-state index is 11.3. The van der Waals surface area contributed by atoms with Crippen molar-refractivity contribution in [3.63, 3.8) is 0 Å². The minimum absolute atomic E-state index is 0.0375. The highest BCUT2D eigenvalue weighted by molar-refractivity contribution is 5.71. The van der Waals surface area contributed by atoms with Crippen LogP contribution in [0.2, 0.25) is 0 Å². The fraction of sp³-hybridized carbons (Fsp3) is 0.357. The highest BCUT2D eigenvalue weighted by Gasteiger charge is 2.21. The Kier molecular flexibility index (Phi) is 4.91. The van der Waals surface area contributed by atoms with E-state index in [0.29, 0.717) is 6.61 Å². The van der Waals surface area contributed by atoms with E-state index in [9.17, 15) is 9.90 Å². The molecular weight excluding hydrogens is 216 g/mol. The van der Waals surface area contributed by atoms with Gasteiger partial charge in [0.1, 0.15) is 0 Å². The lowest BCUT2D eigenvalue weighted by Crippen LogP contribution is -2.26. The van der Waals surface area contributed by atoms with Gasteiger partial charge in [0, 0.05) is 0 Å². The average molecular weight is 234 g/mol. The third kappa shape index (κ3) is 5.31. The van der Waals surface area contributed by atoms with Crippen LogP contribution >= 0.6 is 0 Å². The number of benzene rings is 1. The zero-order valence-electron chi connectivity index (χ0n) is 10.2. The lowest BCUT2D eigenvalue weighted by atomic mass is 10.0. The molecular formula is C14H18O3. The maximum Gasteiger partial charge on any atom is 0.309 e. The molecule has 0 spiro atoms. The van der Waals surface area contributed by atoms with E-state index in [1.165, 1.54) is 0 Å². The van der Waals surface area contributed by atoms with Crippen LogP contribution in [0.15, 0.2) is 36.4 Å². The molecule has 3 nitrogen and oxygen atoms in total. The van der Waals surface area contributed by atoms with Crippen LogP contribution in [0.1, 0.15) is 25.8 Å². The lowest BCUT2D eigenvalue weighted by Gasteiger charge is -2.17. The van der Waals surface area contributed by atoms with Crippen LogP contribution in [0.25, 0.3) is 6.08 Å². The molecule has 0 aliphatic rings. The molecule has 0 fully saturated rings. The second-order valence-corrected chi connectivity index (χ2v) is 4.08. The molecule has 1 atom stereocenters. The summed E-state index contributed by atoms with van der Waals surface area (Å²) in [6.45, 7) is 3.66. The van der Waals surface area contributed by atoms with Crippen molar-refractivity contribution in [2.45, 2.75) is 25.9 Å². The van der Waals surface area contributed by atoms with Gasteiger partial charge in [0.25, 0.3) is 0 Å². The number of hydrogen-bond acceptors (Lipinski definition) is 3. The van der Waals surface area contributed by atoms with Gasteiger partial charge in [-0.2, -0.15) is 0 Å². The topological polar surface area (TPSA) is 46.5 Å². The van der Waals surface area contributed by atoms with Crippen molar-refractivity contribution in [3.8, 4) is 0 Å². The van der Waals surface area contributed by atoms with Crippen LogP contribution < -0.4 is 0 Å². The van der Waals surface area contributed by atoms with Crippen molar-refractivity contribution in [1.29, 1.82) is 0 Å². The first-order valence-corrected chi connectivity index (χ1v) is 5.66. The van der Waals surface area contributed by atoms with E-state index in [1.807, 2.05) is 30.3 Å². The first kappa shape index (κ1) is 13.5. The minimum Gasteiger partial charge on any atom is -0.466 e. The van der Waals surface area contributed by atoms with Gasteiger partial charge in [0.2, 0.25) is 0 Å². The first-order valence-electron chi connectivity index (χ1n) is 5.66. The Bertz CT molecular complexity index is 380. The Morgan fingerprint density at radius 3 is 2.65 bits per heavy atom. The number of hydrogen-bond donors (Lipinski definition) is 1. The van der Waals surface area contributed by atoms with Crippen molar-refractivity contribution in [3.05, 3.63) is 42.0 Å². The second kappa shape index (κ2) is 6.21. The van der Waals surface area contributed by atoms with Gasteiger partial charge < -0.3 is 9.84 Å². The summed E-state index contributed by atoms with van der Waals surface area (Å²) < 4.78 is 4.80. The zero-order valence-corrected chi connectivity index (χ0v) is 10.2. The van der Waals surface area contributed by atoms with Crippen LogP contribution in [-0.4, -0.2) is 23.3 Å². The molecule has 1 unspecified atom stereocenters. The van der Waals surface area contributed by atoms with Gasteiger partial charge in [-0.05, 0) is 19.4 Å². The molecule has 0 radical (unpaired) electrons. The van der Waals surface area contributed by atoms with E-state index in [1.54, 1.807) is 26.0 Å². The highest BCUT2D eigenvalue weighted by atomic mass is 16.5. The largest absolute Gasteiger partial charge is 0.466 e. The van der Waals surface area contributed by atoms with Gasteiger partial charge in [-0.1, -0.05) is 42.5 Å². The summed E-state index contributed by atoms with van der Waals surface area (Å²) in [6, 6.07) is 9.61. The molecule has 1 aromatic carbocycles. The molecule has 0 aromatic heterocycles. The van der Waals surface area contributed by atoms with Gasteiger partial charge in [-0.15, -0.1) is 0 Å². The summed E-state index contributed by atoms with van der Waals surface area (Å²) in [6.07, 6.45) is 3.36. The average Bonchev–Trinajstić information content (AvgIpc) is 2.27. The van der Waals surface area contributed by atoms with Crippen molar-refractivity contribution in [2.24, 2.45) is 0 Å². The van der Waals surface area contributed by atoms with E-state index < -0.39 is 11.6 Å². The molecule has 0 amide bonds. The highest BCUT2D eigenvalue weighted by Crippen LogP contribution is 2.14. The maximum atomic E-state index is 11.3. The van der Waals surface area contributed by atoms with Gasteiger partial charge >= 0.3 is 5.97 Å². The fourth-order valence-corrected chi connectivity index (χ4v) is 1.40. The molecule has 0 bridgehead atoms. The van der Waals surface area contributed by atoms with Crippen molar-refractivity contribution in [2.75, 3.05) is 6.61 Å². The van der Waals surface area contributed by atoms with E-state index in [-0.39, 0.29) is 6.42 Å². The van der Waals surface area contributed by atoms with Gasteiger partial charge in [0.05, 0.1) is 18.6 Å². The third-order valence-corrected chi connectivity index (χ3v) is 2.24. The SMILES string of the molecule is CCOC(=O)CC(C)(O)C=Cc1ccccc1. The second-order valence-electron chi connectivity index (χ2n) is 4.08. The number of carbonyl (C=O) groups is 1. The summed E-state index contributed by atoms with van der Waals surface area (Å²) >= 11 is 0. The Hall–Kier alpha value is -1.61. The smallest absolute Gasteiger partial charge is 0.309 e. The van der Waals surface area contributed by atoms with Gasteiger partial charge in [-0.25, -0.2) is 0 Å². The number of rotatable bonds is 5. The Morgan fingerprint density at radius 1 is 1.41 bits per heavy atom. The molecule has 17 heavy (non-hydrogen) atoms. The molecule has 0 saturated heterocycles. The molecule has 0 heterocycles. The van der Waals surface area contributed by atoms with Crippen molar-refractivity contribution < 1.29 is 14.6 Å². The lowest BCUT2D eigenvalue weighted by molar-refractivity contribution is -0.146. The number of esters is 1. The van der Waals surface area contributed by atoms with E-state index in [0.717, 1.165) is 5.56 Å². The summed E-state index contributed by atoms with van der Waals surface area (Å²) in [5.41, 5.74) is -0.195. The first-order chi connectivity index (χ1) is 8.03. The van der Waals surface area contributed by atoms with Crippen LogP contribution in [0.4, 0.5) is 0 Å². The van der Waals surface area contributed by atoms with Gasteiger partial charge in [-0.3, -0.25) is 4.79 Å². The zero-order chi connectivity index (χ0) is 12.7. The standard InChI is InChI=1S/C14H18O3/c1-3-17-13(15)11-14(2,16)10-9-12-7-5-4-6-8-12/h4-10,16H,3,11H2,1-2H3. The molecule has 0 saturated carbocycles. The van der Waals surface area contributed by atoms with Gasteiger partial charge in [0.15, 0.2) is 0 Å². The van der Waals surface area contributed by atoms with E-state index >= 15 is 0 Å². The molecule has 0 aliphatic heterocycles. The predicted octanol–water partition coefficient (Wildman–Crippen LogP) is 2.40. The molecule has 1 aromatic rings. The molecule has 1 rings (SSSR count). The molecule has 3 heteroatoms. The van der Waals surface area contributed by atoms with Crippen LogP contribution in [0.3, 0.4) is 0 Å². The summed E-state index contributed by atoms with van der Waals surface area (Å²) in [5.74, 6) is -0.393. The Balaban J connectivity index is 2.60. The minimum atomic E-state index is -1.18. The number of carbonyl (C=O) groups excluding carboxylic acids is 1. The summed E-state index contributed by atoms with van der Waals surface area (Å²) in [7, 11) is 0. The Labute approximate surface area is 102 Å². The molecule has 1 N–H and O–H groups in total. The van der Waals surface area contributed by atoms with Crippen LogP contribution in [0, 0.1) is 0 Å². The van der Waals surface area contributed by atoms with Crippen LogP contribution in [0.5, 0.6) is 0 Å².